The smallest absolute Gasteiger partial charge is 0.341 e. The van der Waals surface area contributed by atoms with Crippen LogP contribution in [-0.4, -0.2) is 37.3 Å². The number of pyridine rings is 1. The van der Waals surface area contributed by atoms with Crippen molar-refractivity contribution in [2.24, 2.45) is 0 Å². The molecule has 30 heavy (non-hydrogen) atoms. The summed E-state index contributed by atoms with van der Waals surface area (Å²) in [6, 6.07) is 7.88. The summed E-state index contributed by atoms with van der Waals surface area (Å²) in [6.45, 7) is 3.24. The number of fused-ring (bicyclic) bond motifs is 1. The number of aliphatic carboxylic acids is 1. The van der Waals surface area contributed by atoms with Gasteiger partial charge in [-0.25, -0.2) is 13.2 Å². The third-order valence-corrected chi connectivity index (χ3v) is 6.57. The standard InChI is InChI=1S/C21H19Cl2NO5S/c1-11-15(8-13-4-5-14(9-17(13)23)30(3,27)28)12(2)24-21-16(22)6-7-18(20(11)21)29-10-19(25)26/h4-7,9H,8,10H2,1-3H3,(H,25,26). The minimum Gasteiger partial charge on any atom is -0.481 e. The van der Waals surface area contributed by atoms with Crippen LogP contribution in [0.15, 0.2) is 35.2 Å². The molecule has 0 unspecified atom stereocenters. The molecular formula is C21H19Cl2NO5S. The molecule has 0 bridgehead atoms. The van der Waals surface area contributed by atoms with Crippen LogP contribution in [0.2, 0.25) is 10.0 Å². The Morgan fingerprint density at radius 2 is 1.83 bits per heavy atom. The second kappa shape index (κ2) is 8.41. The quantitative estimate of drug-likeness (QED) is 0.568. The highest BCUT2D eigenvalue weighted by molar-refractivity contribution is 7.90. The second-order valence-corrected chi connectivity index (χ2v) is 9.78. The van der Waals surface area contributed by atoms with Gasteiger partial charge >= 0.3 is 5.97 Å². The molecule has 2 aromatic carbocycles. The molecule has 1 N–H and O–H groups in total. The van der Waals surface area contributed by atoms with Crippen molar-refractivity contribution in [2.45, 2.75) is 25.2 Å². The monoisotopic (exact) mass is 467 g/mol. The number of ether oxygens (including phenoxy) is 1. The molecule has 0 atom stereocenters. The number of nitrogens with zero attached hydrogens (tertiary/aromatic N) is 1. The lowest BCUT2D eigenvalue weighted by molar-refractivity contribution is -0.139. The van der Waals surface area contributed by atoms with E-state index < -0.39 is 22.4 Å². The molecule has 0 aliphatic heterocycles. The van der Waals surface area contributed by atoms with Crippen LogP contribution in [-0.2, 0) is 21.1 Å². The van der Waals surface area contributed by atoms with E-state index in [0.717, 1.165) is 28.6 Å². The zero-order chi connectivity index (χ0) is 22.2. The number of halogens is 2. The van der Waals surface area contributed by atoms with E-state index in [1.807, 2.05) is 13.8 Å². The fourth-order valence-electron chi connectivity index (χ4n) is 3.29. The van der Waals surface area contributed by atoms with E-state index in [1.165, 1.54) is 12.1 Å². The van der Waals surface area contributed by atoms with Crippen molar-refractivity contribution < 1.29 is 23.1 Å². The maximum atomic E-state index is 11.8. The fourth-order valence-corrected chi connectivity index (χ4v) is 4.45. The lowest BCUT2D eigenvalue weighted by atomic mass is 9.95. The fraction of sp³-hybridized carbons (Fsp3) is 0.238. The van der Waals surface area contributed by atoms with E-state index in [4.69, 9.17) is 33.0 Å². The lowest BCUT2D eigenvalue weighted by Crippen LogP contribution is -2.10. The average molecular weight is 468 g/mol. The highest BCUT2D eigenvalue weighted by atomic mass is 35.5. The minimum absolute atomic E-state index is 0.150. The summed E-state index contributed by atoms with van der Waals surface area (Å²) in [4.78, 5) is 15.7. The van der Waals surface area contributed by atoms with Gasteiger partial charge in [-0.1, -0.05) is 29.3 Å². The first-order chi connectivity index (χ1) is 14.0. The average Bonchev–Trinajstić information content (AvgIpc) is 2.65. The third kappa shape index (κ3) is 4.53. The largest absolute Gasteiger partial charge is 0.481 e. The van der Waals surface area contributed by atoms with Crippen molar-refractivity contribution in [3.05, 3.63) is 62.8 Å². The van der Waals surface area contributed by atoms with Gasteiger partial charge in [-0.05, 0) is 54.8 Å². The molecule has 0 amide bonds. The van der Waals surface area contributed by atoms with Crippen LogP contribution in [0.25, 0.3) is 10.9 Å². The summed E-state index contributed by atoms with van der Waals surface area (Å²) in [6.07, 6.45) is 1.54. The Labute approximate surface area is 184 Å². The molecule has 6 nitrogen and oxygen atoms in total. The van der Waals surface area contributed by atoms with Crippen LogP contribution < -0.4 is 4.74 Å². The van der Waals surface area contributed by atoms with Gasteiger partial charge < -0.3 is 9.84 Å². The first kappa shape index (κ1) is 22.3. The number of rotatable bonds is 6. The number of aromatic nitrogens is 1. The van der Waals surface area contributed by atoms with Crippen LogP contribution in [0, 0.1) is 13.8 Å². The number of carboxylic acid groups (broad SMARTS) is 1. The Morgan fingerprint density at radius 1 is 1.13 bits per heavy atom. The number of aryl methyl sites for hydroxylation is 2. The van der Waals surface area contributed by atoms with Gasteiger partial charge in [-0.3, -0.25) is 4.98 Å². The Balaban J connectivity index is 2.13. The Hall–Kier alpha value is -2.35. The maximum Gasteiger partial charge on any atom is 0.341 e. The predicted molar refractivity (Wildman–Crippen MR) is 117 cm³/mol. The molecular weight excluding hydrogens is 449 g/mol. The van der Waals surface area contributed by atoms with Crippen molar-refractivity contribution in [1.29, 1.82) is 0 Å². The van der Waals surface area contributed by atoms with Gasteiger partial charge in [0.05, 0.1) is 15.4 Å². The molecule has 0 aliphatic carbocycles. The molecule has 158 valence electrons. The number of sulfone groups is 1. The zero-order valence-corrected chi connectivity index (χ0v) is 18.8. The summed E-state index contributed by atoms with van der Waals surface area (Å²) in [5.41, 5.74) is 3.71. The van der Waals surface area contributed by atoms with Crippen molar-refractivity contribution >= 4 is 49.9 Å². The van der Waals surface area contributed by atoms with Crippen molar-refractivity contribution in [3.63, 3.8) is 0 Å². The van der Waals surface area contributed by atoms with Crippen molar-refractivity contribution in [1.82, 2.24) is 4.98 Å². The number of carboxylic acids is 1. The predicted octanol–water partition coefficient (Wildman–Crippen LogP) is 4.62. The number of benzene rings is 2. The van der Waals surface area contributed by atoms with E-state index in [0.29, 0.717) is 33.1 Å². The van der Waals surface area contributed by atoms with Gasteiger partial charge in [0.15, 0.2) is 16.4 Å². The molecule has 3 aromatic rings. The number of hydrogen-bond donors (Lipinski definition) is 1. The van der Waals surface area contributed by atoms with Gasteiger partial charge in [-0.2, -0.15) is 0 Å². The molecule has 9 heteroatoms. The lowest BCUT2D eigenvalue weighted by Gasteiger charge is -2.17. The van der Waals surface area contributed by atoms with E-state index >= 15 is 0 Å². The molecule has 0 saturated heterocycles. The Morgan fingerprint density at radius 3 is 2.43 bits per heavy atom. The van der Waals surface area contributed by atoms with Gasteiger partial charge in [0.25, 0.3) is 0 Å². The maximum absolute atomic E-state index is 11.8. The highest BCUT2D eigenvalue weighted by Crippen LogP contribution is 2.36. The molecule has 0 radical (unpaired) electrons. The van der Waals surface area contributed by atoms with Gasteiger partial charge in [0.2, 0.25) is 0 Å². The molecule has 0 saturated carbocycles. The zero-order valence-electron chi connectivity index (χ0n) is 16.5. The van der Waals surface area contributed by atoms with Gasteiger partial charge in [0, 0.05) is 28.8 Å². The summed E-state index contributed by atoms with van der Waals surface area (Å²) in [5, 5.41) is 10.4. The van der Waals surface area contributed by atoms with Crippen LogP contribution >= 0.6 is 23.2 Å². The summed E-state index contributed by atoms with van der Waals surface area (Å²) < 4.78 is 29.0. The van der Waals surface area contributed by atoms with Gasteiger partial charge in [-0.15, -0.1) is 0 Å². The van der Waals surface area contributed by atoms with Crippen molar-refractivity contribution in [2.75, 3.05) is 12.9 Å². The molecule has 0 aliphatic rings. The van der Waals surface area contributed by atoms with E-state index in [9.17, 15) is 13.2 Å². The van der Waals surface area contributed by atoms with E-state index in [2.05, 4.69) is 4.98 Å². The van der Waals surface area contributed by atoms with Crippen LogP contribution in [0.1, 0.15) is 22.4 Å². The van der Waals surface area contributed by atoms with Crippen molar-refractivity contribution in [3.8, 4) is 5.75 Å². The molecule has 0 spiro atoms. The first-order valence-corrected chi connectivity index (χ1v) is 11.5. The highest BCUT2D eigenvalue weighted by Gasteiger charge is 2.18. The van der Waals surface area contributed by atoms with E-state index in [-0.39, 0.29) is 4.90 Å². The summed E-state index contributed by atoms with van der Waals surface area (Å²) in [7, 11) is -3.36. The van der Waals surface area contributed by atoms with Crippen LogP contribution in [0.4, 0.5) is 0 Å². The van der Waals surface area contributed by atoms with E-state index in [1.54, 1.807) is 18.2 Å². The molecule has 1 heterocycles. The molecule has 0 fully saturated rings. The number of carbonyl (C=O) groups is 1. The Bertz CT molecular complexity index is 1270. The van der Waals surface area contributed by atoms with Gasteiger partial charge in [0.1, 0.15) is 5.75 Å². The topological polar surface area (TPSA) is 93.6 Å². The second-order valence-electron chi connectivity index (χ2n) is 6.95. The first-order valence-electron chi connectivity index (χ1n) is 8.90. The Kier molecular flexibility index (Phi) is 6.26. The normalized spacial score (nSPS) is 11.6. The third-order valence-electron chi connectivity index (χ3n) is 4.81. The molecule has 1 aromatic heterocycles. The molecule has 3 rings (SSSR count). The minimum atomic E-state index is -3.36. The summed E-state index contributed by atoms with van der Waals surface area (Å²) in [5.74, 6) is -0.713. The van der Waals surface area contributed by atoms with Crippen LogP contribution in [0.5, 0.6) is 5.75 Å². The number of hydrogen-bond acceptors (Lipinski definition) is 5. The van der Waals surface area contributed by atoms with Crippen LogP contribution in [0.3, 0.4) is 0 Å². The SMILES string of the molecule is Cc1nc2c(Cl)ccc(OCC(=O)O)c2c(C)c1Cc1ccc(S(C)(=O)=O)cc1Cl. The summed E-state index contributed by atoms with van der Waals surface area (Å²) >= 11 is 12.7.